The molecule has 2 aromatic carbocycles. The number of hydrogen-bond donors (Lipinski definition) is 1. The fourth-order valence-corrected chi connectivity index (χ4v) is 2.69. The van der Waals surface area contributed by atoms with Crippen LogP contribution in [-0.4, -0.2) is 73.9 Å². The SMILES string of the molecule is O=C(O)CN(Sc1ccccc1)c1ccccc1[N+](=O)[O-].[K]. The molecule has 2 aromatic rings. The molecule has 0 heterocycles. The van der Waals surface area contributed by atoms with Gasteiger partial charge < -0.3 is 5.11 Å². The first-order chi connectivity index (χ1) is 10.1. The van der Waals surface area contributed by atoms with Gasteiger partial charge in [0.2, 0.25) is 0 Å². The Morgan fingerprint density at radius 2 is 1.73 bits per heavy atom. The first-order valence-electron chi connectivity index (χ1n) is 6.03. The Morgan fingerprint density at radius 1 is 1.14 bits per heavy atom. The number of para-hydroxylation sites is 2. The van der Waals surface area contributed by atoms with E-state index in [2.05, 4.69) is 0 Å². The second-order valence-corrected chi connectivity index (χ2v) is 5.18. The zero-order valence-electron chi connectivity index (χ0n) is 11.9. The minimum absolute atomic E-state index is 0. The zero-order chi connectivity index (χ0) is 15.2. The summed E-state index contributed by atoms with van der Waals surface area (Å²) in [6.07, 6.45) is 0. The Morgan fingerprint density at radius 3 is 2.32 bits per heavy atom. The van der Waals surface area contributed by atoms with Gasteiger partial charge in [-0.2, -0.15) is 0 Å². The summed E-state index contributed by atoms with van der Waals surface area (Å²) in [5.41, 5.74) is 0.140. The molecule has 0 fully saturated rings. The van der Waals surface area contributed by atoms with Gasteiger partial charge in [-0.15, -0.1) is 0 Å². The molecule has 2 rings (SSSR count). The fraction of sp³-hybridized carbons (Fsp3) is 0.0714. The molecule has 0 aliphatic carbocycles. The molecule has 0 unspecified atom stereocenters. The molecule has 0 bridgehead atoms. The summed E-state index contributed by atoms with van der Waals surface area (Å²) in [7, 11) is 0. The molecule has 0 atom stereocenters. The Bertz CT molecular complexity index is 654. The molecule has 1 radical (unpaired) electrons. The molecule has 0 saturated carbocycles. The van der Waals surface area contributed by atoms with Crippen LogP contribution >= 0.6 is 11.9 Å². The minimum Gasteiger partial charge on any atom is -0.480 e. The predicted octanol–water partition coefficient (Wildman–Crippen LogP) is 2.81. The summed E-state index contributed by atoms with van der Waals surface area (Å²) < 4.78 is 1.40. The maximum atomic E-state index is 11.1. The number of carbonyl (C=O) groups is 1. The molecular formula is C14H12KN2O4S. The van der Waals surface area contributed by atoms with Crippen molar-refractivity contribution in [3.05, 3.63) is 64.7 Å². The van der Waals surface area contributed by atoms with E-state index in [-0.39, 0.29) is 69.3 Å². The van der Waals surface area contributed by atoms with E-state index in [0.29, 0.717) is 0 Å². The summed E-state index contributed by atoms with van der Waals surface area (Å²) in [5.74, 6) is -1.06. The molecule has 6 nitrogen and oxygen atoms in total. The number of aliphatic carboxylic acids is 1. The number of nitro groups is 1. The number of carboxylic acids is 1. The topological polar surface area (TPSA) is 83.7 Å². The average Bonchev–Trinajstić information content (AvgIpc) is 2.47. The molecule has 22 heavy (non-hydrogen) atoms. The molecular weight excluding hydrogens is 331 g/mol. The van der Waals surface area contributed by atoms with Crippen LogP contribution < -0.4 is 4.31 Å². The van der Waals surface area contributed by atoms with Gasteiger partial charge >= 0.3 is 5.97 Å². The largest absolute Gasteiger partial charge is 0.480 e. The van der Waals surface area contributed by atoms with Crippen molar-refractivity contribution in [3.63, 3.8) is 0 Å². The van der Waals surface area contributed by atoms with Crippen LogP contribution in [0.3, 0.4) is 0 Å². The molecule has 0 saturated heterocycles. The maximum absolute atomic E-state index is 11.1. The molecule has 0 amide bonds. The molecule has 109 valence electrons. The number of carboxylic acid groups (broad SMARTS) is 1. The van der Waals surface area contributed by atoms with Crippen molar-refractivity contribution in [1.29, 1.82) is 0 Å². The van der Waals surface area contributed by atoms with Crippen LogP contribution in [0.15, 0.2) is 59.5 Å². The fourth-order valence-electron chi connectivity index (χ4n) is 1.73. The third-order valence-electron chi connectivity index (χ3n) is 2.58. The van der Waals surface area contributed by atoms with Gasteiger partial charge in [0.15, 0.2) is 0 Å². The van der Waals surface area contributed by atoms with Crippen molar-refractivity contribution >= 4 is 80.7 Å². The number of benzene rings is 2. The normalized spacial score (nSPS) is 9.64. The van der Waals surface area contributed by atoms with Crippen LogP contribution in [0, 0.1) is 10.1 Å². The van der Waals surface area contributed by atoms with Crippen LogP contribution in [-0.2, 0) is 4.79 Å². The Kier molecular flexibility index (Phi) is 8.08. The minimum atomic E-state index is -1.06. The molecule has 0 aromatic heterocycles. The van der Waals surface area contributed by atoms with E-state index in [0.717, 1.165) is 16.8 Å². The summed E-state index contributed by atoms with van der Waals surface area (Å²) in [6, 6.07) is 15.2. The Balaban J connectivity index is 0.00000242. The van der Waals surface area contributed by atoms with E-state index in [1.54, 1.807) is 12.1 Å². The van der Waals surface area contributed by atoms with E-state index < -0.39 is 10.9 Å². The summed E-state index contributed by atoms with van der Waals surface area (Å²) in [5, 5.41) is 20.1. The number of nitrogens with zero attached hydrogens (tertiary/aromatic N) is 2. The summed E-state index contributed by atoms with van der Waals surface area (Å²) in [6.45, 7) is -0.343. The van der Waals surface area contributed by atoms with Crippen LogP contribution in [0.5, 0.6) is 0 Å². The third kappa shape index (κ3) is 5.38. The van der Waals surface area contributed by atoms with E-state index in [4.69, 9.17) is 5.11 Å². The van der Waals surface area contributed by atoms with Crippen LogP contribution in [0.1, 0.15) is 0 Å². The molecule has 0 aliphatic heterocycles. The van der Waals surface area contributed by atoms with Gasteiger partial charge in [-0.05, 0) is 30.1 Å². The number of anilines is 1. The van der Waals surface area contributed by atoms with Crippen molar-refractivity contribution in [2.45, 2.75) is 4.90 Å². The van der Waals surface area contributed by atoms with Gasteiger partial charge in [0.05, 0.1) is 4.92 Å². The first kappa shape index (κ1) is 19.1. The van der Waals surface area contributed by atoms with Gasteiger partial charge in [-0.1, -0.05) is 30.3 Å². The maximum Gasteiger partial charge on any atom is 0.324 e. The number of rotatable bonds is 6. The van der Waals surface area contributed by atoms with Crippen molar-refractivity contribution in [2.24, 2.45) is 0 Å². The second-order valence-electron chi connectivity index (χ2n) is 4.08. The first-order valence-corrected chi connectivity index (χ1v) is 6.81. The van der Waals surface area contributed by atoms with Crippen molar-refractivity contribution < 1.29 is 14.8 Å². The van der Waals surface area contributed by atoms with Crippen LogP contribution in [0.2, 0.25) is 0 Å². The predicted molar refractivity (Wildman–Crippen MR) is 86.1 cm³/mol. The molecule has 0 spiro atoms. The van der Waals surface area contributed by atoms with Crippen LogP contribution in [0.25, 0.3) is 0 Å². The van der Waals surface area contributed by atoms with Crippen molar-refractivity contribution in [2.75, 3.05) is 10.8 Å². The van der Waals surface area contributed by atoms with E-state index in [1.165, 1.54) is 16.4 Å². The standard InChI is InChI=1S/C14H12N2O4S.K/c17-14(18)10-15(21-11-6-2-1-3-7-11)12-8-4-5-9-13(12)16(19)20;/h1-9H,10H2,(H,17,18);. The van der Waals surface area contributed by atoms with Crippen LogP contribution in [0.4, 0.5) is 11.4 Å². The van der Waals surface area contributed by atoms with Gasteiger partial charge in [-0.25, -0.2) is 0 Å². The Labute approximate surface area is 174 Å². The van der Waals surface area contributed by atoms with E-state index >= 15 is 0 Å². The van der Waals surface area contributed by atoms with Crippen molar-refractivity contribution in [1.82, 2.24) is 0 Å². The smallest absolute Gasteiger partial charge is 0.324 e. The summed E-state index contributed by atoms with van der Waals surface area (Å²) >= 11 is 1.15. The third-order valence-corrected chi connectivity index (χ3v) is 3.61. The van der Waals surface area contributed by atoms with Gasteiger partial charge in [-0.3, -0.25) is 19.2 Å². The number of hydrogen-bond acceptors (Lipinski definition) is 5. The van der Waals surface area contributed by atoms with Gasteiger partial charge in [0, 0.05) is 62.3 Å². The van der Waals surface area contributed by atoms with Gasteiger partial charge in [0.1, 0.15) is 12.2 Å². The summed E-state index contributed by atoms with van der Waals surface area (Å²) in [4.78, 5) is 22.4. The Hall–Kier alpha value is -0.904. The molecule has 0 aliphatic rings. The van der Waals surface area contributed by atoms with Gasteiger partial charge in [0.25, 0.3) is 5.69 Å². The molecule has 1 N–H and O–H groups in total. The average molecular weight is 343 g/mol. The molecule has 8 heteroatoms. The van der Waals surface area contributed by atoms with E-state index in [1.807, 2.05) is 30.3 Å². The monoisotopic (exact) mass is 343 g/mol. The number of nitro benzene ring substituents is 1. The van der Waals surface area contributed by atoms with Crippen molar-refractivity contribution in [3.8, 4) is 0 Å². The van der Waals surface area contributed by atoms with E-state index in [9.17, 15) is 14.9 Å². The quantitative estimate of drug-likeness (QED) is 0.376. The second kappa shape index (κ2) is 9.28. The zero-order valence-corrected chi connectivity index (χ0v) is 15.8.